The van der Waals surface area contributed by atoms with Crippen LogP contribution in [0.3, 0.4) is 0 Å². The van der Waals surface area contributed by atoms with Crippen LogP contribution in [0.5, 0.6) is 0 Å². The Morgan fingerprint density at radius 1 is 1.47 bits per heavy atom. The summed E-state index contributed by atoms with van der Waals surface area (Å²) in [4.78, 5) is 0. The van der Waals surface area contributed by atoms with E-state index in [2.05, 4.69) is 37.0 Å². The molecule has 15 heavy (non-hydrogen) atoms. The maximum absolute atomic E-state index is 5.21. The summed E-state index contributed by atoms with van der Waals surface area (Å²) in [5.41, 5.74) is 1.28. The van der Waals surface area contributed by atoms with Crippen molar-refractivity contribution in [1.82, 2.24) is 5.32 Å². The van der Waals surface area contributed by atoms with Crippen LogP contribution in [0.25, 0.3) is 0 Å². The summed E-state index contributed by atoms with van der Waals surface area (Å²) in [5, 5.41) is 3.27. The lowest BCUT2D eigenvalue weighted by molar-refractivity contribution is 0.150. The first-order valence-corrected chi connectivity index (χ1v) is 5.54. The second-order valence-corrected chi connectivity index (χ2v) is 3.28. The summed E-state index contributed by atoms with van der Waals surface area (Å²) in [6.45, 7) is 11.2. The minimum Gasteiger partial charge on any atom is -0.380 e. The number of nitrogens with one attached hydrogen (secondary N) is 1. The largest absolute Gasteiger partial charge is 0.380 e. The van der Waals surface area contributed by atoms with Crippen molar-refractivity contribution in [2.45, 2.75) is 20.3 Å². The molecule has 0 amide bonds. The van der Waals surface area contributed by atoms with Crippen molar-refractivity contribution in [3.05, 3.63) is 36.5 Å². The Bertz CT molecular complexity index is 207. The SMILES string of the molecule is C=CC/C=C(C)\C=C/CNCCOCC. The van der Waals surface area contributed by atoms with E-state index in [-0.39, 0.29) is 0 Å². The standard InChI is InChI=1S/C13H23NO/c1-4-6-8-13(3)9-7-10-14-11-12-15-5-2/h4,7-9,14H,1,5-6,10-12H2,2-3H3/b9-7-,13-8-. The number of rotatable bonds is 9. The molecule has 1 N–H and O–H groups in total. The molecule has 0 radical (unpaired) electrons. The van der Waals surface area contributed by atoms with Crippen molar-refractivity contribution in [2.75, 3.05) is 26.3 Å². The summed E-state index contributed by atoms with van der Waals surface area (Å²) < 4.78 is 5.21. The van der Waals surface area contributed by atoms with Gasteiger partial charge in [-0.05, 0) is 20.3 Å². The van der Waals surface area contributed by atoms with Crippen molar-refractivity contribution in [3.8, 4) is 0 Å². The van der Waals surface area contributed by atoms with Gasteiger partial charge in [0.25, 0.3) is 0 Å². The summed E-state index contributed by atoms with van der Waals surface area (Å²) in [6.07, 6.45) is 9.24. The molecular formula is C13H23NO. The van der Waals surface area contributed by atoms with Crippen LogP contribution in [0.15, 0.2) is 36.5 Å². The number of allylic oxidation sites excluding steroid dienone is 4. The molecular weight excluding hydrogens is 186 g/mol. The third kappa shape index (κ3) is 11.1. The van der Waals surface area contributed by atoms with Gasteiger partial charge in [-0.2, -0.15) is 0 Å². The van der Waals surface area contributed by atoms with Gasteiger partial charge in [0.05, 0.1) is 6.61 Å². The second kappa shape index (κ2) is 11.2. The van der Waals surface area contributed by atoms with Crippen LogP contribution >= 0.6 is 0 Å². The molecule has 0 fully saturated rings. The molecule has 2 nitrogen and oxygen atoms in total. The molecule has 0 aliphatic rings. The smallest absolute Gasteiger partial charge is 0.0590 e. The molecule has 0 atom stereocenters. The zero-order valence-corrected chi connectivity index (χ0v) is 9.96. The third-order valence-electron chi connectivity index (χ3n) is 1.88. The minimum absolute atomic E-state index is 0.787. The van der Waals surface area contributed by atoms with Crippen LogP contribution in [0.2, 0.25) is 0 Å². The van der Waals surface area contributed by atoms with Crippen molar-refractivity contribution in [2.24, 2.45) is 0 Å². The van der Waals surface area contributed by atoms with Crippen molar-refractivity contribution in [3.63, 3.8) is 0 Å². The van der Waals surface area contributed by atoms with Gasteiger partial charge in [0.2, 0.25) is 0 Å². The summed E-state index contributed by atoms with van der Waals surface area (Å²) in [6, 6.07) is 0. The van der Waals surface area contributed by atoms with E-state index in [0.717, 1.165) is 32.7 Å². The molecule has 0 bridgehead atoms. The summed E-state index contributed by atoms with van der Waals surface area (Å²) in [7, 11) is 0. The van der Waals surface area contributed by atoms with Crippen LogP contribution in [-0.4, -0.2) is 26.3 Å². The fraction of sp³-hybridized carbons (Fsp3) is 0.538. The van der Waals surface area contributed by atoms with Crippen LogP contribution in [0.1, 0.15) is 20.3 Å². The van der Waals surface area contributed by atoms with E-state index in [4.69, 9.17) is 4.74 Å². The van der Waals surface area contributed by atoms with Crippen molar-refractivity contribution in [1.29, 1.82) is 0 Å². The van der Waals surface area contributed by atoms with Crippen LogP contribution in [-0.2, 0) is 4.74 Å². The van der Waals surface area contributed by atoms with E-state index in [1.165, 1.54) is 5.57 Å². The molecule has 0 aromatic heterocycles. The van der Waals surface area contributed by atoms with E-state index < -0.39 is 0 Å². The van der Waals surface area contributed by atoms with Crippen LogP contribution < -0.4 is 5.32 Å². The normalized spacial score (nSPS) is 12.3. The van der Waals surface area contributed by atoms with E-state index in [1.54, 1.807) is 0 Å². The molecule has 0 heterocycles. The van der Waals surface area contributed by atoms with Gasteiger partial charge in [0.15, 0.2) is 0 Å². The van der Waals surface area contributed by atoms with Gasteiger partial charge in [-0.3, -0.25) is 0 Å². The number of ether oxygens (including phenoxy) is 1. The fourth-order valence-corrected chi connectivity index (χ4v) is 1.06. The van der Waals surface area contributed by atoms with Gasteiger partial charge >= 0.3 is 0 Å². The zero-order chi connectivity index (χ0) is 11.4. The third-order valence-corrected chi connectivity index (χ3v) is 1.88. The maximum Gasteiger partial charge on any atom is 0.0590 e. The molecule has 0 aliphatic heterocycles. The Hall–Kier alpha value is -0.860. The predicted molar refractivity (Wildman–Crippen MR) is 67.1 cm³/mol. The Kier molecular flexibility index (Phi) is 10.6. The van der Waals surface area contributed by atoms with Gasteiger partial charge in [0.1, 0.15) is 0 Å². The van der Waals surface area contributed by atoms with Gasteiger partial charge in [-0.1, -0.05) is 29.9 Å². The van der Waals surface area contributed by atoms with Crippen molar-refractivity contribution >= 4 is 0 Å². The Balaban J connectivity index is 3.41. The van der Waals surface area contributed by atoms with Crippen molar-refractivity contribution < 1.29 is 4.74 Å². The molecule has 2 heteroatoms. The second-order valence-electron chi connectivity index (χ2n) is 3.28. The van der Waals surface area contributed by atoms with Gasteiger partial charge in [-0.25, -0.2) is 0 Å². The Labute approximate surface area is 93.7 Å². The lowest BCUT2D eigenvalue weighted by Gasteiger charge is -2.01. The summed E-state index contributed by atoms with van der Waals surface area (Å²) >= 11 is 0. The Morgan fingerprint density at radius 3 is 2.93 bits per heavy atom. The monoisotopic (exact) mass is 209 g/mol. The van der Waals surface area contributed by atoms with Gasteiger partial charge in [-0.15, -0.1) is 6.58 Å². The lowest BCUT2D eigenvalue weighted by Crippen LogP contribution is -2.19. The predicted octanol–water partition coefficient (Wildman–Crippen LogP) is 2.69. The van der Waals surface area contributed by atoms with E-state index in [9.17, 15) is 0 Å². The molecule has 86 valence electrons. The molecule has 0 aromatic rings. The highest BCUT2D eigenvalue weighted by Gasteiger charge is 1.84. The highest BCUT2D eigenvalue weighted by molar-refractivity contribution is 5.16. The number of hydrogen-bond acceptors (Lipinski definition) is 2. The zero-order valence-electron chi connectivity index (χ0n) is 9.96. The maximum atomic E-state index is 5.21. The van der Waals surface area contributed by atoms with E-state index in [0.29, 0.717) is 0 Å². The average molecular weight is 209 g/mol. The fourth-order valence-electron chi connectivity index (χ4n) is 1.06. The van der Waals surface area contributed by atoms with Gasteiger partial charge in [0, 0.05) is 19.7 Å². The average Bonchev–Trinajstić information content (AvgIpc) is 2.25. The molecule has 0 aliphatic carbocycles. The topological polar surface area (TPSA) is 21.3 Å². The molecule has 0 saturated carbocycles. The van der Waals surface area contributed by atoms with E-state index in [1.807, 2.05) is 13.0 Å². The van der Waals surface area contributed by atoms with Gasteiger partial charge < -0.3 is 10.1 Å². The number of hydrogen-bond donors (Lipinski definition) is 1. The summed E-state index contributed by atoms with van der Waals surface area (Å²) in [5.74, 6) is 0. The first-order chi connectivity index (χ1) is 7.31. The lowest BCUT2D eigenvalue weighted by atomic mass is 10.2. The first kappa shape index (κ1) is 14.1. The highest BCUT2D eigenvalue weighted by Crippen LogP contribution is 1.96. The molecule has 0 unspecified atom stereocenters. The van der Waals surface area contributed by atoms with Crippen LogP contribution in [0.4, 0.5) is 0 Å². The van der Waals surface area contributed by atoms with E-state index >= 15 is 0 Å². The van der Waals surface area contributed by atoms with Crippen LogP contribution in [0, 0.1) is 0 Å². The quantitative estimate of drug-likeness (QED) is 0.358. The minimum atomic E-state index is 0.787. The Morgan fingerprint density at radius 2 is 2.27 bits per heavy atom. The molecule has 0 rings (SSSR count). The molecule has 0 saturated heterocycles. The first-order valence-electron chi connectivity index (χ1n) is 5.54. The molecule has 0 aromatic carbocycles. The highest BCUT2D eigenvalue weighted by atomic mass is 16.5. The molecule has 0 spiro atoms.